The van der Waals surface area contributed by atoms with Gasteiger partial charge in [0.1, 0.15) is 5.75 Å². The van der Waals surface area contributed by atoms with Crippen molar-refractivity contribution in [2.75, 3.05) is 13.2 Å². The Morgan fingerprint density at radius 2 is 2.00 bits per heavy atom. The Kier molecular flexibility index (Phi) is 6.97. The molecule has 1 aromatic rings. The van der Waals surface area contributed by atoms with Gasteiger partial charge in [0.25, 0.3) is 0 Å². The summed E-state index contributed by atoms with van der Waals surface area (Å²) in [6.07, 6.45) is -7.70. The smallest absolute Gasteiger partial charge is 0.414 e. The van der Waals surface area contributed by atoms with E-state index in [-0.39, 0.29) is 13.1 Å². The molecule has 0 aromatic heterocycles. The molecule has 0 aliphatic heterocycles. The summed E-state index contributed by atoms with van der Waals surface area (Å²) in [4.78, 5) is 11.5. The number of carbonyl (C=O) groups excluding carboxylic acids is 1. The Balaban J connectivity index is 2.35. The minimum Gasteiger partial charge on any atom is -0.494 e. The number of halogens is 3. The normalized spacial score (nSPS) is 12.6. The van der Waals surface area contributed by atoms with Gasteiger partial charge in [-0.2, -0.15) is 13.2 Å². The molecule has 22 heavy (non-hydrogen) atoms. The Bertz CT molecular complexity index is 481. The number of nitrogens with one attached hydrogen (secondary N) is 2. The molecule has 1 rings (SSSR count). The quantitative estimate of drug-likeness (QED) is 0.721. The van der Waals surface area contributed by atoms with Gasteiger partial charge in [0.2, 0.25) is 0 Å². The number of urea groups is 1. The van der Waals surface area contributed by atoms with Gasteiger partial charge in [0, 0.05) is 18.7 Å². The van der Waals surface area contributed by atoms with Crippen molar-refractivity contribution in [2.45, 2.75) is 32.2 Å². The first-order valence-electron chi connectivity index (χ1n) is 6.81. The molecule has 0 saturated heterocycles. The fourth-order valence-corrected chi connectivity index (χ4v) is 1.67. The summed E-state index contributed by atoms with van der Waals surface area (Å²) in [7, 11) is 0. The lowest BCUT2D eigenvalue weighted by Crippen LogP contribution is -2.38. The van der Waals surface area contributed by atoms with E-state index in [1.54, 1.807) is 24.3 Å². The molecule has 0 aliphatic carbocycles. The van der Waals surface area contributed by atoms with Crippen LogP contribution in [0.15, 0.2) is 24.3 Å². The third kappa shape index (κ3) is 6.21. The first-order valence-corrected chi connectivity index (χ1v) is 6.81. The van der Waals surface area contributed by atoms with E-state index in [0.29, 0.717) is 12.4 Å². The summed E-state index contributed by atoms with van der Waals surface area (Å²) < 4.78 is 41.6. The molecular formula is C14H19F3N2O3. The monoisotopic (exact) mass is 320 g/mol. The number of benzene rings is 1. The third-order valence-electron chi connectivity index (χ3n) is 2.79. The summed E-state index contributed by atoms with van der Waals surface area (Å²) in [5, 5.41) is 13.6. The van der Waals surface area contributed by atoms with Crippen molar-refractivity contribution in [2.24, 2.45) is 0 Å². The summed E-state index contributed by atoms with van der Waals surface area (Å²) in [5.41, 5.74) is 0.759. The molecule has 0 bridgehead atoms. The first-order chi connectivity index (χ1) is 10.3. The molecule has 2 amide bonds. The molecule has 1 atom stereocenters. The molecule has 3 N–H and O–H groups in total. The van der Waals surface area contributed by atoms with Crippen LogP contribution < -0.4 is 15.4 Å². The van der Waals surface area contributed by atoms with Crippen LogP contribution in [-0.2, 0) is 6.54 Å². The molecule has 0 unspecified atom stereocenters. The van der Waals surface area contributed by atoms with Crippen molar-refractivity contribution in [3.63, 3.8) is 0 Å². The van der Waals surface area contributed by atoms with Gasteiger partial charge in [-0.1, -0.05) is 18.2 Å². The molecule has 1 aromatic carbocycles. The average Bonchev–Trinajstić information content (AvgIpc) is 2.45. The van der Waals surface area contributed by atoms with Crippen LogP contribution in [0.2, 0.25) is 0 Å². The van der Waals surface area contributed by atoms with Crippen LogP contribution in [0.1, 0.15) is 18.9 Å². The second-order valence-corrected chi connectivity index (χ2v) is 4.50. The molecule has 8 heteroatoms. The van der Waals surface area contributed by atoms with Crippen molar-refractivity contribution in [1.82, 2.24) is 10.6 Å². The van der Waals surface area contributed by atoms with E-state index in [9.17, 15) is 18.0 Å². The fourth-order valence-electron chi connectivity index (χ4n) is 1.67. The van der Waals surface area contributed by atoms with E-state index >= 15 is 0 Å². The second-order valence-electron chi connectivity index (χ2n) is 4.50. The van der Waals surface area contributed by atoms with Gasteiger partial charge in [-0.05, 0) is 19.4 Å². The fraction of sp³-hybridized carbons (Fsp3) is 0.500. The number of para-hydroxylation sites is 1. The summed E-state index contributed by atoms with van der Waals surface area (Å²) >= 11 is 0. The standard InChI is InChI=1S/C14H19F3N2O3/c1-2-22-11-6-4-3-5-10(11)9-19-13(21)18-8-7-12(20)14(15,16)17/h3-6,12,20H,2,7-9H2,1H3,(H2,18,19,21)/t12-/m1/s1. The Morgan fingerprint density at radius 1 is 1.32 bits per heavy atom. The van der Waals surface area contributed by atoms with Gasteiger partial charge in [-0.25, -0.2) is 4.79 Å². The minimum atomic E-state index is -4.67. The molecule has 0 saturated carbocycles. The van der Waals surface area contributed by atoms with Gasteiger partial charge in [-0.15, -0.1) is 0 Å². The maximum Gasteiger partial charge on any atom is 0.414 e. The highest BCUT2D eigenvalue weighted by atomic mass is 19.4. The number of hydrogen-bond donors (Lipinski definition) is 3. The zero-order valence-corrected chi connectivity index (χ0v) is 12.1. The maximum absolute atomic E-state index is 12.1. The summed E-state index contributed by atoms with van der Waals surface area (Å²) in [5.74, 6) is 0.637. The number of alkyl halides is 3. The topological polar surface area (TPSA) is 70.6 Å². The van der Waals surface area contributed by atoms with Gasteiger partial charge in [0.15, 0.2) is 6.10 Å². The third-order valence-corrected chi connectivity index (χ3v) is 2.79. The number of amides is 2. The zero-order valence-electron chi connectivity index (χ0n) is 12.1. The molecular weight excluding hydrogens is 301 g/mol. The maximum atomic E-state index is 12.1. The lowest BCUT2D eigenvalue weighted by molar-refractivity contribution is -0.204. The van der Waals surface area contributed by atoms with Gasteiger partial charge >= 0.3 is 12.2 Å². The Labute approximate surface area is 126 Å². The van der Waals surface area contributed by atoms with Crippen LogP contribution in [0.3, 0.4) is 0 Å². The van der Waals surface area contributed by atoms with E-state index in [1.807, 2.05) is 6.92 Å². The van der Waals surface area contributed by atoms with E-state index < -0.39 is 24.7 Å². The van der Waals surface area contributed by atoms with Crippen molar-refractivity contribution >= 4 is 6.03 Å². The van der Waals surface area contributed by atoms with Gasteiger partial charge in [0.05, 0.1) is 6.61 Å². The van der Waals surface area contributed by atoms with Crippen molar-refractivity contribution in [1.29, 1.82) is 0 Å². The Hall–Kier alpha value is -1.96. The number of ether oxygens (including phenoxy) is 1. The molecule has 0 heterocycles. The molecule has 0 fully saturated rings. The van der Waals surface area contributed by atoms with Crippen LogP contribution in [0.25, 0.3) is 0 Å². The largest absolute Gasteiger partial charge is 0.494 e. The van der Waals surface area contributed by atoms with Crippen molar-refractivity contribution in [3.8, 4) is 5.75 Å². The highest BCUT2D eigenvalue weighted by molar-refractivity contribution is 5.73. The number of hydrogen-bond acceptors (Lipinski definition) is 3. The number of aliphatic hydroxyl groups excluding tert-OH is 1. The van der Waals surface area contributed by atoms with Crippen LogP contribution in [0.4, 0.5) is 18.0 Å². The predicted octanol–water partition coefficient (Wildman–Crippen LogP) is 2.20. The summed E-state index contributed by atoms with van der Waals surface area (Å²) in [6.45, 7) is 2.23. The number of rotatable bonds is 7. The van der Waals surface area contributed by atoms with Crippen LogP contribution in [0, 0.1) is 0 Å². The zero-order chi connectivity index (χ0) is 16.6. The Morgan fingerprint density at radius 3 is 2.64 bits per heavy atom. The first kappa shape index (κ1) is 18.1. The van der Waals surface area contributed by atoms with E-state index in [2.05, 4.69) is 10.6 Å². The second kappa shape index (κ2) is 8.47. The summed E-state index contributed by atoms with van der Waals surface area (Å²) in [6, 6.07) is 6.52. The predicted molar refractivity (Wildman–Crippen MR) is 74.5 cm³/mol. The van der Waals surface area contributed by atoms with E-state index in [0.717, 1.165) is 5.56 Å². The average molecular weight is 320 g/mol. The van der Waals surface area contributed by atoms with Gasteiger partial charge in [-0.3, -0.25) is 0 Å². The van der Waals surface area contributed by atoms with Crippen LogP contribution >= 0.6 is 0 Å². The molecule has 0 spiro atoms. The highest BCUT2D eigenvalue weighted by Gasteiger charge is 2.37. The minimum absolute atomic E-state index is 0.184. The molecule has 5 nitrogen and oxygen atoms in total. The van der Waals surface area contributed by atoms with Crippen molar-refractivity contribution in [3.05, 3.63) is 29.8 Å². The number of carbonyl (C=O) groups is 1. The van der Waals surface area contributed by atoms with Crippen LogP contribution in [0.5, 0.6) is 5.75 Å². The van der Waals surface area contributed by atoms with Crippen molar-refractivity contribution < 1.29 is 27.8 Å². The molecule has 0 aliphatic rings. The lowest BCUT2D eigenvalue weighted by atomic mass is 10.2. The highest BCUT2D eigenvalue weighted by Crippen LogP contribution is 2.21. The molecule has 124 valence electrons. The lowest BCUT2D eigenvalue weighted by Gasteiger charge is -2.15. The molecule has 0 radical (unpaired) electrons. The van der Waals surface area contributed by atoms with Crippen LogP contribution in [-0.4, -0.2) is 36.6 Å². The van der Waals surface area contributed by atoms with E-state index in [1.165, 1.54) is 0 Å². The number of aliphatic hydroxyl groups is 1. The SMILES string of the molecule is CCOc1ccccc1CNC(=O)NCC[C@@H](O)C(F)(F)F. The van der Waals surface area contributed by atoms with E-state index in [4.69, 9.17) is 9.84 Å². The van der Waals surface area contributed by atoms with Gasteiger partial charge < -0.3 is 20.5 Å².